The second-order valence-corrected chi connectivity index (χ2v) is 6.45. The first-order valence-corrected chi connectivity index (χ1v) is 8.94. The molecule has 0 spiro atoms. The summed E-state index contributed by atoms with van der Waals surface area (Å²) < 4.78 is 1.99. The number of guanidine groups is 1. The second kappa shape index (κ2) is 9.20. The van der Waals surface area contributed by atoms with Crippen molar-refractivity contribution in [2.45, 2.75) is 53.6 Å². The van der Waals surface area contributed by atoms with Crippen LogP contribution in [0.3, 0.4) is 0 Å². The highest BCUT2D eigenvalue weighted by atomic mass is 15.3. The fraction of sp³-hybridized carbons (Fsp3) is 0.526. The molecule has 2 rings (SSSR count). The van der Waals surface area contributed by atoms with E-state index in [1.807, 2.05) is 18.5 Å². The Morgan fingerprint density at radius 1 is 1.16 bits per heavy atom. The first-order chi connectivity index (χ1) is 12.0. The maximum absolute atomic E-state index is 4.74. The lowest BCUT2D eigenvalue weighted by molar-refractivity contribution is 0.695. The molecule has 0 bridgehead atoms. The molecule has 2 N–H and O–H groups in total. The fourth-order valence-electron chi connectivity index (χ4n) is 2.51. The lowest BCUT2D eigenvalue weighted by Gasteiger charge is -2.13. The van der Waals surface area contributed by atoms with Gasteiger partial charge in [0.1, 0.15) is 5.82 Å². The van der Waals surface area contributed by atoms with Gasteiger partial charge >= 0.3 is 0 Å². The molecule has 0 fully saturated rings. The van der Waals surface area contributed by atoms with Crippen molar-refractivity contribution in [3.8, 4) is 0 Å². The van der Waals surface area contributed by atoms with E-state index in [-0.39, 0.29) is 0 Å². The number of unbranched alkanes of at least 4 members (excludes halogenated alkanes) is 1. The normalized spacial score (nSPS) is 11.6. The summed E-state index contributed by atoms with van der Waals surface area (Å²) in [6.45, 7) is 10.6. The molecule has 0 aliphatic rings. The zero-order valence-electron chi connectivity index (χ0n) is 16.1. The van der Waals surface area contributed by atoms with Crippen LogP contribution in [-0.4, -0.2) is 27.3 Å². The molecule has 0 saturated carbocycles. The van der Waals surface area contributed by atoms with Crippen molar-refractivity contribution in [2.75, 3.05) is 6.54 Å². The molecule has 0 saturated heterocycles. The van der Waals surface area contributed by atoms with E-state index in [0.29, 0.717) is 13.1 Å². The van der Waals surface area contributed by atoms with Crippen LogP contribution < -0.4 is 10.6 Å². The van der Waals surface area contributed by atoms with Crippen LogP contribution >= 0.6 is 0 Å². The molecule has 25 heavy (non-hydrogen) atoms. The van der Waals surface area contributed by atoms with Crippen LogP contribution in [0, 0.1) is 20.8 Å². The molecular weight excluding hydrogens is 312 g/mol. The molecule has 136 valence electrons. The molecule has 0 aliphatic carbocycles. The van der Waals surface area contributed by atoms with E-state index in [4.69, 9.17) is 4.99 Å². The summed E-state index contributed by atoms with van der Waals surface area (Å²) in [5, 5.41) is 15.1. The molecule has 1 aromatic carbocycles. The molecule has 0 atom stereocenters. The molecule has 6 nitrogen and oxygen atoms in total. The van der Waals surface area contributed by atoms with E-state index in [1.54, 1.807) is 0 Å². The van der Waals surface area contributed by atoms with Crippen LogP contribution in [0.15, 0.2) is 23.2 Å². The Kier molecular flexibility index (Phi) is 6.98. The molecule has 6 heteroatoms. The Labute approximate surface area is 150 Å². The highest BCUT2D eigenvalue weighted by Gasteiger charge is 2.06. The molecular formula is C19H30N6. The Bertz CT molecular complexity index is 717. The predicted octanol–water partition coefficient (Wildman–Crippen LogP) is 2.78. The van der Waals surface area contributed by atoms with E-state index in [0.717, 1.165) is 37.0 Å². The third-order valence-corrected chi connectivity index (χ3v) is 4.33. The monoisotopic (exact) mass is 342 g/mol. The number of aliphatic imine (C=N–C) groups is 1. The fourth-order valence-corrected chi connectivity index (χ4v) is 2.51. The lowest BCUT2D eigenvalue weighted by Crippen LogP contribution is -2.38. The maximum atomic E-state index is 4.74. The van der Waals surface area contributed by atoms with Gasteiger partial charge in [0.05, 0.1) is 13.1 Å². The van der Waals surface area contributed by atoms with Gasteiger partial charge in [0.2, 0.25) is 0 Å². The smallest absolute Gasteiger partial charge is 0.191 e. The summed E-state index contributed by atoms with van der Waals surface area (Å²) in [4.78, 5) is 4.74. The SMILES string of the molecule is CCCCNC(=NCc1ccc(C)cc1C)NCc1nnc(C)n1C. The zero-order chi connectivity index (χ0) is 18.2. The number of benzene rings is 1. The number of nitrogens with one attached hydrogen (secondary N) is 2. The molecule has 1 aromatic heterocycles. The second-order valence-electron chi connectivity index (χ2n) is 6.45. The van der Waals surface area contributed by atoms with Gasteiger partial charge in [-0.2, -0.15) is 0 Å². The Hall–Kier alpha value is -2.37. The molecule has 2 aromatic rings. The molecule has 0 aliphatic heterocycles. The summed E-state index contributed by atoms with van der Waals surface area (Å²) in [5.41, 5.74) is 3.81. The van der Waals surface area contributed by atoms with E-state index in [9.17, 15) is 0 Å². The predicted molar refractivity (Wildman–Crippen MR) is 103 cm³/mol. The number of nitrogens with zero attached hydrogens (tertiary/aromatic N) is 4. The minimum atomic E-state index is 0.599. The van der Waals surface area contributed by atoms with E-state index in [2.05, 4.69) is 59.8 Å². The van der Waals surface area contributed by atoms with Gasteiger partial charge in [-0.3, -0.25) is 0 Å². The minimum absolute atomic E-state index is 0.599. The number of aromatic nitrogens is 3. The standard InChI is InChI=1S/C19H30N6/c1-6-7-10-20-19(22-13-18-24-23-16(4)25(18)5)21-12-17-9-8-14(2)11-15(17)3/h8-9,11H,6-7,10,12-13H2,1-5H3,(H2,20,21,22). The van der Waals surface area contributed by atoms with Gasteiger partial charge < -0.3 is 15.2 Å². The van der Waals surface area contributed by atoms with Gasteiger partial charge in [0, 0.05) is 13.6 Å². The first kappa shape index (κ1) is 19.0. The highest BCUT2D eigenvalue weighted by Crippen LogP contribution is 2.11. The van der Waals surface area contributed by atoms with Crippen LogP contribution in [0.1, 0.15) is 48.1 Å². The Balaban J connectivity index is 2.04. The van der Waals surface area contributed by atoms with Crippen molar-refractivity contribution in [1.29, 1.82) is 0 Å². The van der Waals surface area contributed by atoms with Crippen LogP contribution in [0.2, 0.25) is 0 Å². The topological polar surface area (TPSA) is 67.1 Å². The van der Waals surface area contributed by atoms with Gasteiger partial charge in [-0.1, -0.05) is 37.1 Å². The van der Waals surface area contributed by atoms with Gasteiger partial charge in [-0.15, -0.1) is 10.2 Å². The maximum Gasteiger partial charge on any atom is 0.191 e. The third-order valence-electron chi connectivity index (χ3n) is 4.33. The van der Waals surface area contributed by atoms with Crippen LogP contribution in [0.5, 0.6) is 0 Å². The van der Waals surface area contributed by atoms with Gasteiger partial charge in [-0.25, -0.2) is 4.99 Å². The average Bonchev–Trinajstić information content (AvgIpc) is 2.90. The average molecular weight is 342 g/mol. The number of hydrogen-bond donors (Lipinski definition) is 2. The molecule has 0 amide bonds. The summed E-state index contributed by atoms with van der Waals surface area (Å²) in [6.07, 6.45) is 2.27. The van der Waals surface area contributed by atoms with Gasteiger partial charge in [0.25, 0.3) is 0 Å². The largest absolute Gasteiger partial charge is 0.356 e. The van der Waals surface area contributed by atoms with Crippen molar-refractivity contribution < 1.29 is 0 Å². The van der Waals surface area contributed by atoms with E-state index >= 15 is 0 Å². The molecule has 0 unspecified atom stereocenters. The van der Waals surface area contributed by atoms with Crippen molar-refractivity contribution in [1.82, 2.24) is 25.4 Å². The highest BCUT2D eigenvalue weighted by molar-refractivity contribution is 5.79. The van der Waals surface area contributed by atoms with Crippen molar-refractivity contribution >= 4 is 5.96 Å². The number of aryl methyl sites for hydroxylation is 3. The van der Waals surface area contributed by atoms with E-state index < -0.39 is 0 Å². The van der Waals surface area contributed by atoms with Gasteiger partial charge in [-0.05, 0) is 38.3 Å². The van der Waals surface area contributed by atoms with E-state index in [1.165, 1.54) is 16.7 Å². The number of hydrogen-bond acceptors (Lipinski definition) is 3. The van der Waals surface area contributed by atoms with Crippen molar-refractivity contribution in [3.05, 3.63) is 46.5 Å². The minimum Gasteiger partial charge on any atom is -0.356 e. The zero-order valence-corrected chi connectivity index (χ0v) is 16.1. The lowest BCUT2D eigenvalue weighted by atomic mass is 10.1. The van der Waals surface area contributed by atoms with Crippen LogP contribution in [0.4, 0.5) is 0 Å². The Morgan fingerprint density at radius 2 is 1.96 bits per heavy atom. The van der Waals surface area contributed by atoms with Crippen molar-refractivity contribution in [3.63, 3.8) is 0 Å². The van der Waals surface area contributed by atoms with Crippen LogP contribution in [0.25, 0.3) is 0 Å². The third kappa shape index (κ3) is 5.59. The summed E-state index contributed by atoms with van der Waals surface area (Å²) in [5.74, 6) is 2.62. The molecule has 0 radical (unpaired) electrons. The first-order valence-electron chi connectivity index (χ1n) is 8.94. The summed E-state index contributed by atoms with van der Waals surface area (Å²) in [6, 6.07) is 6.49. The molecule has 1 heterocycles. The van der Waals surface area contributed by atoms with Crippen molar-refractivity contribution in [2.24, 2.45) is 12.0 Å². The summed E-state index contributed by atoms with van der Waals surface area (Å²) in [7, 11) is 1.98. The Morgan fingerprint density at radius 3 is 2.60 bits per heavy atom. The van der Waals surface area contributed by atoms with Crippen LogP contribution in [-0.2, 0) is 20.1 Å². The number of rotatable bonds is 7. The van der Waals surface area contributed by atoms with Gasteiger partial charge in [0.15, 0.2) is 11.8 Å². The quantitative estimate of drug-likeness (QED) is 0.461. The summed E-state index contributed by atoms with van der Waals surface area (Å²) >= 11 is 0.